The van der Waals surface area contributed by atoms with Gasteiger partial charge in [0.2, 0.25) is 5.91 Å². The predicted molar refractivity (Wildman–Crippen MR) is 78.7 cm³/mol. The van der Waals surface area contributed by atoms with Gasteiger partial charge < -0.3 is 20.5 Å². The molecule has 6 heteroatoms. The lowest BCUT2D eigenvalue weighted by Crippen LogP contribution is -2.21. The number of fused-ring (bicyclic) bond motifs is 1. The molecule has 0 radical (unpaired) electrons. The maximum absolute atomic E-state index is 11.6. The van der Waals surface area contributed by atoms with Crippen LogP contribution in [0.2, 0.25) is 0 Å². The van der Waals surface area contributed by atoms with Crippen LogP contribution >= 0.6 is 15.9 Å². The van der Waals surface area contributed by atoms with Crippen LogP contribution in [-0.2, 0) is 9.53 Å². The fourth-order valence-corrected chi connectivity index (χ4v) is 2.99. The normalized spacial score (nSPS) is 22.5. The van der Waals surface area contributed by atoms with Crippen molar-refractivity contribution in [3.05, 3.63) is 22.2 Å². The molecule has 2 heterocycles. The zero-order valence-electron chi connectivity index (χ0n) is 11.0. The van der Waals surface area contributed by atoms with E-state index in [2.05, 4.69) is 21.2 Å². The van der Waals surface area contributed by atoms with E-state index in [4.69, 9.17) is 15.2 Å². The van der Waals surface area contributed by atoms with Crippen LogP contribution in [0.3, 0.4) is 0 Å². The van der Waals surface area contributed by atoms with Gasteiger partial charge in [-0.2, -0.15) is 0 Å². The molecular formula is C14H17BrN2O3. The molecule has 0 spiro atoms. The molecule has 108 valence electrons. The molecule has 2 aliphatic heterocycles. The maximum Gasteiger partial charge on any atom is 0.245 e. The molecule has 2 aliphatic rings. The van der Waals surface area contributed by atoms with Gasteiger partial charge in [-0.05, 0) is 40.8 Å². The van der Waals surface area contributed by atoms with Crippen LogP contribution in [0.5, 0.6) is 5.75 Å². The SMILES string of the molecule is NC1C(=O)Nc2cc(OCC3CCOCC3)c(Br)cc21. The van der Waals surface area contributed by atoms with Crippen molar-refractivity contribution in [3.63, 3.8) is 0 Å². The quantitative estimate of drug-likeness (QED) is 0.884. The fraction of sp³-hybridized carbons (Fsp3) is 0.500. The Morgan fingerprint density at radius 2 is 2.15 bits per heavy atom. The average Bonchev–Trinajstić information content (AvgIpc) is 2.73. The van der Waals surface area contributed by atoms with Gasteiger partial charge in [0.05, 0.1) is 11.1 Å². The summed E-state index contributed by atoms with van der Waals surface area (Å²) in [6.45, 7) is 2.29. The molecule has 1 aromatic rings. The first-order valence-electron chi connectivity index (χ1n) is 6.75. The Morgan fingerprint density at radius 1 is 1.40 bits per heavy atom. The first kappa shape index (κ1) is 13.9. The first-order valence-corrected chi connectivity index (χ1v) is 7.55. The summed E-state index contributed by atoms with van der Waals surface area (Å²) in [4.78, 5) is 11.6. The number of amides is 1. The average molecular weight is 341 g/mol. The van der Waals surface area contributed by atoms with E-state index in [9.17, 15) is 4.79 Å². The Kier molecular flexibility index (Phi) is 3.96. The minimum absolute atomic E-state index is 0.173. The molecular weight excluding hydrogens is 324 g/mol. The summed E-state index contributed by atoms with van der Waals surface area (Å²) in [5, 5.41) is 2.77. The number of ether oxygens (including phenoxy) is 2. The molecule has 1 unspecified atom stereocenters. The molecule has 3 rings (SSSR count). The lowest BCUT2D eigenvalue weighted by atomic mass is 10.0. The van der Waals surface area contributed by atoms with Crippen molar-refractivity contribution >= 4 is 27.5 Å². The number of anilines is 1. The summed E-state index contributed by atoms with van der Waals surface area (Å²) in [5.41, 5.74) is 7.36. The number of nitrogens with one attached hydrogen (secondary N) is 1. The van der Waals surface area contributed by atoms with E-state index in [-0.39, 0.29) is 5.91 Å². The number of carbonyl (C=O) groups excluding carboxylic acids is 1. The third-order valence-electron chi connectivity index (χ3n) is 3.79. The molecule has 20 heavy (non-hydrogen) atoms. The Labute approximate surface area is 125 Å². The van der Waals surface area contributed by atoms with Crippen molar-refractivity contribution in [3.8, 4) is 5.75 Å². The van der Waals surface area contributed by atoms with E-state index >= 15 is 0 Å². The molecule has 1 saturated heterocycles. The van der Waals surface area contributed by atoms with Crippen LogP contribution in [-0.4, -0.2) is 25.7 Å². The summed E-state index contributed by atoms with van der Waals surface area (Å²) in [6, 6.07) is 3.10. The highest BCUT2D eigenvalue weighted by Crippen LogP contribution is 2.38. The van der Waals surface area contributed by atoms with Gasteiger partial charge in [0, 0.05) is 30.5 Å². The molecule has 0 saturated carbocycles. The standard InChI is InChI=1S/C14H17BrN2O3/c15-10-5-9-11(17-14(18)13(9)16)6-12(10)20-7-8-1-3-19-4-2-8/h5-6,8,13H,1-4,7,16H2,(H,17,18). The van der Waals surface area contributed by atoms with Crippen LogP contribution < -0.4 is 15.8 Å². The highest BCUT2D eigenvalue weighted by molar-refractivity contribution is 9.10. The van der Waals surface area contributed by atoms with Crippen LogP contribution in [0.4, 0.5) is 5.69 Å². The second-order valence-corrected chi connectivity index (χ2v) is 6.06. The molecule has 3 N–H and O–H groups in total. The summed E-state index contributed by atoms with van der Waals surface area (Å²) in [6.07, 6.45) is 2.06. The van der Waals surface area contributed by atoms with E-state index in [0.717, 1.165) is 47.5 Å². The smallest absolute Gasteiger partial charge is 0.245 e. The predicted octanol–water partition coefficient (Wildman–Crippen LogP) is 2.21. The topological polar surface area (TPSA) is 73.6 Å². The van der Waals surface area contributed by atoms with Gasteiger partial charge in [-0.1, -0.05) is 0 Å². The minimum atomic E-state index is -0.592. The molecule has 1 atom stereocenters. The number of rotatable bonds is 3. The Morgan fingerprint density at radius 3 is 2.90 bits per heavy atom. The Balaban J connectivity index is 1.71. The number of nitrogens with two attached hydrogens (primary N) is 1. The van der Waals surface area contributed by atoms with E-state index < -0.39 is 6.04 Å². The number of benzene rings is 1. The molecule has 0 aromatic heterocycles. The fourth-order valence-electron chi connectivity index (χ4n) is 2.52. The van der Waals surface area contributed by atoms with Gasteiger partial charge in [-0.25, -0.2) is 0 Å². The lowest BCUT2D eigenvalue weighted by molar-refractivity contribution is -0.116. The maximum atomic E-state index is 11.6. The van der Waals surface area contributed by atoms with Crippen molar-refractivity contribution in [2.75, 3.05) is 25.1 Å². The molecule has 1 aromatic carbocycles. The Bertz CT molecular complexity index is 529. The molecule has 0 bridgehead atoms. The summed E-state index contributed by atoms with van der Waals surface area (Å²) in [5.74, 6) is 1.10. The number of hydrogen-bond acceptors (Lipinski definition) is 4. The van der Waals surface area contributed by atoms with Crippen LogP contribution in [0.15, 0.2) is 16.6 Å². The van der Waals surface area contributed by atoms with Crippen LogP contribution in [0, 0.1) is 5.92 Å². The zero-order valence-corrected chi connectivity index (χ0v) is 12.6. The van der Waals surface area contributed by atoms with Crippen LogP contribution in [0.1, 0.15) is 24.4 Å². The van der Waals surface area contributed by atoms with Gasteiger partial charge in [0.1, 0.15) is 11.8 Å². The molecule has 1 amide bonds. The van der Waals surface area contributed by atoms with Gasteiger partial charge in [-0.15, -0.1) is 0 Å². The molecule has 0 aliphatic carbocycles. The third-order valence-corrected chi connectivity index (χ3v) is 4.41. The van der Waals surface area contributed by atoms with Gasteiger partial charge in [-0.3, -0.25) is 4.79 Å². The lowest BCUT2D eigenvalue weighted by Gasteiger charge is -2.22. The number of hydrogen-bond donors (Lipinski definition) is 2. The number of carbonyl (C=O) groups is 1. The molecule has 1 fully saturated rings. The number of halogens is 1. The summed E-state index contributed by atoms with van der Waals surface area (Å²) >= 11 is 3.48. The van der Waals surface area contributed by atoms with E-state index in [1.807, 2.05) is 12.1 Å². The Hall–Kier alpha value is -1.11. The largest absolute Gasteiger partial charge is 0.492 e. The van der Waals surface area contributed by atoms with Gasteiger partial charge in [0.15, 0.2) is 0 Å². The van der Waals surface area contributed by atoms with Crippen molar-refractivity contribution in [2.24, 2.45) is 11.7 Å². The summed E-state index contributed by atoms with van der Waals surface area (Å²) < 4.78 is 12.0. The van der Waals surface area contributed by atoms with Crippen molar-refractivity contribution in [1.82, 2.24) is 0 Å². The highest BCUT2D eigenvalue weighted by atomic mass is 79.9. The van der Waals surface area contributed by atoms with Crippen molar-refractivity contribution in [2.45, 2.75) is 18.9 Å². The third kappa shape index (κ3) is 2.68. The second kappa shape index (κ2) is 5.71. The highest BCUT2D eigenvalue weighted by Gasteiger charge is 2.28. The first-order chi connectivity index (χ1) is 9.65. The monoisotopic (exact) mass is 340 g/mol. The van der Waals surface area contributed by atoms with E-state index in [1.54, 1.807) is 0 Å². The minimum Gasteiger partial charge on any atom is -0.492 e. The van der Waals surface area contributed by atoms with Crippen molar-refractivity contribution in [1.29, 1.82) is 0 Å². The van der Waals surface area contributed by atoms with E-state index in [1.165, 1.54) is 0 Å². The van der Waals surface area contributed by atoms with Gasteiger partial charge >= 0.3 is 0 Å². The van der Waals surface area contributed by atoms with Crippen molar-refractivity contribution < 1.29 is 14.3 Å². The zero-order chi connectivity index (χ0) is 14.1. The van der Waals surface area contributed by atoms with Gasteiger partial charge in [0.25, 0.3) is 0 Å². The van der Waals surface area contributed by atoms with Crippen LogP contribution in [0.25, 0.3) is 0 Å². The summed E-state index contributed by atoms with van der Waals surface area (Å²) in [7, 11) is 0. The second-order valence-electron chi connectivity index (χ2n) is 5.20. The molecule has 5 nitrogen and oxygen atoms in total. The van der Waals surface area contributed by atoms with E-state index in [0.29, 0.717) is 12.5 Å².